The molecule has 2 aliphatic rings. The van der Waals surface area contributed by atoms with Gasteiger partial charge in [-0.3, -0.25) is 4.98 Å². The smallest absolute Gasteiger partial charge is 0.164 e. The summed E-state index contributed by atoms with van der Waals surface area (Å²) in [5, 5.41) is 11.6. The van der Waals surface area contributed by atoms with E-state index in [0.717, 1.165) is 56.3 Å². The highest BCUT2D eigenvalue weighted by molar-refractivity contribution is 5.98. The third kappa shape index (κ3) is 5.48. The normalized spacial score (nSPS) is 22.1. The Labute approximate surface area is 276 Å². The van der Waals surface area contributed by atoms with Crippen molar-refractivity contribution >= 4 is 10.8 Å². The molecule has 0 saturated heterocycles. The Morgan fingerprint density at radius 1 is 0.617 bits per heavy atom. The zero-order valence-electron chi connectivity index (χ0n) is 26.9. The first-order valence-electron chi connectivity index (χ1n) is 16.8. The van der Waals surface area contributed by atoms with Crippen LogP contribution in [0.4, 0.5) is 0 Å². The molecule has 6 aromatic rings. The molecule has 2 fully saturated rings. The lowest BCUT2D eigenvalue weighted by Gasteiger charge is -2.50. The zero-order chi connectivity index (χ0) is 32.0. The van der Waals surface area contributed by atoms with Gasteiger partial charge in [-0.05, 0) is 102 Å². The Balaban J connectivity index is 1.26. The van der Waals surface area contributed by atoms with Gasteiger partial charge in [0.25, 0.3) is 0 Å². The third-order valence-corrected chi connectivity index (χ3v) is 10.4. The molecule has 5 heteroatoms. The minimum atomic E-state index is 0.267. The standard InChI is InChI=1S/C42H37N5/c1-27-20-29-21-28(2)24-42(23-27,25-29)35-14-12-31(13-15-35)39-45-40(33-7-3-6-32(22-33)30-16-18-44-19-17-30)47-41(46-39)38-11-5-9-36-34(26-43)8-4-10-37(36)38/h3-19,22,27-29H,20-21,23-25H2,1-2H3/t27-,28+,29?,42?. The summed E-state index contributed by atoms with van der Waals surface area (Å²) >= 11 is 0. The van der Waals surface area contributed by atoms with Gasteiger partial charge in [0.05, 0.1) is 11.6 Å². The highest BCUT2D eigenvalue weighted by atomic mass is 15.0. The van der Waals surface area contributed by atoms with Gasteiger partial charge >= 0.3 is 0 Å². The Bertz CT molecular complexity index is 2110. The molecule has 2 bridgehead atoms. The van der Waals surface area contributed by atoms with Crippen molar-refractivity contribution in [1.82, 2.24) is 19.9 Å². The van der Waals surface area contributed by atoms with Crippen LogP contribution in [-0.4, -0.2) is 19.9 Å². The van der Waals surface area contributed by atoms with Crippen molar-refractivity contribution in [2.24, 2.45) is 17.8 Å². The Hall–Kier alpha value is -5.21. The number of rotatable bonds is 5. The fourth-order valence-electron chi connectivity index (χ4n) is 8.77. The lowest BCUT2D eigenvalue weighted by Crippen LogP contribution is -2.42. The highest BCUT2D eigenvalue weighted by Crippen LogP contribution is 2.54. The molecule has 2 unspecified atom stereocenters. The first kappa shape index (κ1) is 29.2. The minimum absolute atomic E-state index is 0.267. The van der Waals surface area contributed by atoms with E-state index in [1.54, 1.807) is 0 Å². The maximum atomic E-state index is 9.81. The van der Waals surface area contributed by atoms with Crippen LogP contribution in [0.1, 0.15) is 57.1 Å². The number of nitrogens with zero attached hydrogens (tertiary/aromatic N) is 5. The van der Waals surface area contributed by atoms with E-state index < -0.39 is 0 Å². The van der Waals surface area contributed by atoms with Crippen LogP contribution in [0.3, 0.4) is 0 Å². The molecular formula is C42H37N5. The summed E-state index contributed by atoms with van der Waals surface area (Å²) in [6.07, 6.45) is 10.2. The van der Waals surface area contributed by atoms with Gasteiger partial charge in [-0.25, -0.2) is 15.0 Å². The second-order valence-electron chi connectivity index (χ2n) is 14.0. The summed E-state index contributed by atoms with van der Waals surface area (Å²) < 4.78 is 0. The van der Waals surface area contributed by atoms with E-state index in [9.17, 15) is 5.26 Å². The summed E-state index contributed by atoms with van der Waals surface area (Å²) in [5.41, 5.74) is 7.28. The van der Waals surface area contributed by atoms with Crippen molar-refractivity contribution in [3.63, 3.8) is 0 Å². The number of fused-ring (bicyclic) bond motifs is 3. The predicted molar refractivity (Wildman–Crippen MR) is 188 cm³/mol. The van der Waals surface area contributed by atoms with Crippen molar-refractivity contribution in [2.45, 2.75) is 51.4 Å². The maximum absolute atomic E-state index is 9.81. The first-order valence-corrected chi connectivity index (χ1v) is 16.8. The molecule has 4 atom stereocenters. The van der Waals surface area contributed by atoms with Gasteiger partial charge in [0.2, 0.25) is 0 Å². The van der Waals surface area contributed by atoms with Crippen LogP contribution in [0.15, 0.2) is 109 Å². The van der Waals surface area contributed by atoms with Crippen LogP contribution < -0.4 is 0 Å². The van der Waals surface area contributed by atoms with E-state index in [4.69, 9.17) is 15.0 Å². The van der Waals surface area contributed by atoms with Crippen molar-refractivity contribution in [3.8, 4) is 51.4 Å². The number of nitriles is 1. The molecule has 47 heavy (non-hydrogen) atoms. The summed E-state index contributed by atoms with van der Waals surface area (Å²) in [4.78, 5) is 19.4. The molecule has 2 saturated carbocycles. The Morgan fingerprint density at radius 2 is 1.26 bits per heavy atom. The fraction of sp³-hybridized carbons (Fsp3) is 0.262. The van der Waals surface area contributed by atoms with Crippen molar-refractivity contribution < 1.29 is 0 Å². The molecule has 2 heterocycles. The van der Waals surface area contributed by atoms with E-state index in [-0.39, 0.29) is 5.41 Å². The minimum Gasteiger partial charge on any atom is -0.265 e. The van der Waals surface area contributed by atoms with Gasteiger partial charge in [-0.1, -0.05) is 86.6 Å². The lowest BCUT2D eigenvalue weighted by atomic mass is 9.54. The zero-order valence-corrected chi connectivity index (χ0v) is 26.9. The molecule has 2 aromatic heterocycles. The predicted octanol–water partition coefficient (Wildman–Crippen LogP) is 10.1. The van der Waals surface area contributed by atoms with Crippen molar-refractivity contribution in [1.29, 1.82) is 5.26 Å². The molecule has 230 valence electrons. The number of aromatic nitrogens is 4. The van der Waals surface area contributed by atoms with Crippen LogP contribution in [0.25, 0.3) is 56.1 Å². The Kier molecular flexibility index (Phi) is 7.37. The summed E-state index contributed by atoms with van der Waals surface area (Å²) in [6.45, 7) is 4.88. The second kappa shape index (κ2) is 11.9. The molecular weight excluding hydrogens is 574 g/mol. The van der Waals surface area contributed by atoms with Gasteiger partial charge < -0.3 is 0 Å². The monoisotopic (exact) mass is 611 g/mol. The first-order chi connectivity index (χ1) is 23.0. The molecule has 2 aliphatic carbocycles. The third-order valence-electron chi connectivity index (χ3n) is 10.4. The second-order valence-corrected chi connectivity index (χ2v) is 14.0. The molecule has 5 nitrogen and oxygen atoms in total. The summed E-state index contributed by atoms with van der Waals surface area (Å²) in [6, 6.07) is 35.6. The molecule has 0 amide bonds. The topological polar surface area (TPSA) is 75.3 Å². The van der Waals surface area contributed by atoms with E-state index >= 15 is 0 Å². The van der Waals surface area contributed by atoms with Gasteiger partial charge in [0.1, 0.15) is 0 Å². The van der Waals surface area contributed by atoms with Crippen LogP contribution >= 0.6 is 0 Å². The molecule has 0 spiro atoms. The Morgan fingerprint density at radius 3 is 2.00 bits per heavy atom. The molecule has 0 N–H and O–H groups in total. The van der Waals surface area contributed by atoms with Crippen LogP contribution in [0, 0.1) is 29.1 Å². The number of pyridine rings is 1. The van der Waals surface area contributed by atoms with E-state index in [0.29, 0.717) is 23.0 Å². The average Bonchev–Trinajstić information content (AvgIpc) is 3.11. The number of benzene rings is 4. The van der Waals surface area contributed by atoms with Gasteiger partial charge in [-0.2, -0.15) is 5.26 Å². The molecule has 0 radical (unpaired) electrons. The highest BCUT2D eigenvalue weighted by Gasteiger charge is 2.45. The van der Waals surface area contributed by atoms with Crippen LogP contribution in [-0.2, 0) is 5.41 Å². The average molecular weight is 612 g/mol. The van der Waals surface area contributed by atoms with Gasteiger partial charge in [0.15, 0.2) is 17.5 Å². The largest absolute Gasteiger partial charge is 0.265 e. The van der Waals surface area contributed by atoms with E-state index in [1.165, 1.54) is 37.7 Å². The van der Waals surface area contributed by atoms with Crippen molar-refractivity contribution in [3.05, 3.63) is 121 Å². The van der Waals surface area contributed by atoms with Gasteiger partial charge in [-0.15, -0.1) is 0 Å². The molecule has 0 aliphatic heterocycles. The number of hydrogen-bond donors (Lipinski definition) is 0. The molecule has 8 rings (SSSR count). The number of hydrogen-bond acceptors (Lipinski definition) is 5. The maximum Gasteiger partial charge on any atom is 0.164 e. The van der Waals surface area contributed by atoms with Gasteiger partial charge in [0, 0.05) is 34.5 Å². The van der Waals surface area contributed by atoms with Crippen LogP contribution in [0.5, 0.6) is 0 Å². The van der Waals surface area contributed by atoms with E-state index in [1.807, 2.05) is 67.0 Å². The lowest BCUT2D eigenvalue weighted by molar-refractivity contribution is 0.0780. The van der Waals surface area contributed by atoms with E-state index in [2.05, 4.69) is 67.4 Å². The van der Waals surface area contributed by atoms with Crippen molar-refractivity contribution in [2.75, 3.05) is 0 Å². The quantitative estimate of drug-likeness (QED) is 0.194. The SMILES string of the molecule is C[C@@H]1CC2C[C@H](C)CC(c3ccc(-c4nc(-c5cccc(-c6ccncc6)c5)nc(-c5cccc6c(C#N)cccc56)n4)cc3)(C2)C1. The summed E-state index contributed by atoms with van der Waals surface area (Å²) in [7, 11) is 0. The molecule has 4 aromatic carbocycles. The fourth-order valence-corrected chi connectivity index (χ4v) is 8.77. The van der Waals surface area contributed by atoms with Crippen LogP contribution in [0.2, 0.25) is 0 Å². The summed E-state index contributed by atoms with van der Waals surface area (Å²) in [5.74, 6) is 4.21.